The molecule has 0 bridgehead atoms. The minimum Gasteiger partial charge on any atom is -0.378 e. The van der Waals surface area contributed by atoms with Gasteiger partial charge >= 0.3 is 0 Å². The van der Waals surface area contributed by atoms with Crippen LogP contribution in [0.4, 0.5) is 15.9 Å². The van der Waals surface area contributed by atoms with Crippen molar-refractivity contribution in [3.63, 3.8) is 0 Å². The second-order valence-electron chi connectivity index (χ2n) is 7.21. The van der Waals surface area contributed by atoms with Crippen molar-refractivity contribution in [1.82, 2.24) is 15.0 Å². The van der Waals surface area contributed by atoms with Gasteiger partial charge in [0.25, 0.3) is 5.91 Å². The number of nitrogens with zero attached hydrogens (tertiary/aromatic N) is 5. The van der Waals surface area contributed by atoms with Gasteiger partial charge in [0, 0.05) is 42.6 Å². The lowest BCUT2D eigenvalue weighted by Gasteiger charge is -2.36. The van der Waals surface area contributed by atoms with Crippen molar-refractivity contribution in [2.45, 2.75) is 25.1 Å². The SMILES string of the molecule is N#Cc1ccc(N2CC[C@@H](Nc3cc(Cc4nccs4)ncc3C(N)=O)[C@@H](F)C2)nc1. The number of amides is 1. The monoisotopic (exact) mass is 437 g/mol. The van der Waals surface area contributed by atoms with Crippen molar-refractivity contribution in [2.75, 3.05) is 23.3 Å². The number of hydrogen-bond acceptors (Lipinski definition) is 8. The lowest BCUT2D eigenvalue weighted by molar-refractivity contribution is 0.100. The van der Waals surface area contributed by atoms with Gasteiger partial charge in [-0.15, -0.1) is 11.3 Å². The summed E-state index contributed by atoms with van der Waals surface area (Å²) in [5.41, 5.74) is 7.39. The van der Waals surface area contributed by atoms with Gasteiger partial charge in [0.15, 0.2) is 0 Å². The van der Waals surface area contributed by atoms with Crippen molar-refractivity contribution in [1.29, 1.82) is 5.26 Å². The van der Waals surface area contributed by atoms with E-state index in [-0.39, 0.29) is 12.1 Å². The van der Waals surface area contributed by atoms with Crippen LogP contribution in [0, 0.1) is 11.3 Å². The highest BCUT2D eigenvalue weighted by Gasteiger charge is 2.30. The van der Waals surface area contributed by atoms with Crippen LogP contribution in [0.15, 0.2) is 42.2 Å². The second-order valence-corrected chi connectivity index (χ2v) is 8.19. The van der Waals surface area contributed by atoms with Crippen LogP contribution in [-0.4, -0.2) is 46.2 Å². The molecule has 4 rings (SSSR count). The molecule has 0 saturated carbocycles. The number of piperidine rings is 1. The van der Waals surface area contributed by atoms with Crippen LogP contribution < -0.4 is 16.0 Å². The number of thiazole rings is 1. The average molecular weight is 438 g/mol. The number of alkyl halides is 1. The van der Waals surface area contributed by atoms with Gasteiger partial charge in [0.2, 0.25) is 0 Å². The maximum Gasteiger partial charge on any atom is 0.252 e. The molecule has 3 aromatic heterocycles. The lowest BCUT2D eigenvalue weighted by atomic mass is 10.0. The number of nitrogens with two attached hydrogens (primary N) is 1. The molecule has 158 valence electrons. The van der Waals surface area contributed by atoms with E-state index in [0.717, 1.165) is 10.7 Å². The number of nitriles is 1. The number of carbonyl (C=O) groups is 1. The first-order valence-electron chi connectivity index (χ1n) is 9.72. The van der Waals surface area contributed by atoms with Gasteiger partial charge in [0.1, 0.15) is 18.1 Å². The first kappa shape index (κ1) is 20.7. The minimum absolute atomic E-state index is 0.152. The van der Waals surface area contributed by atoms with Crippen molar-refractivity contribution < 1.29 is 9.18 Å². The average Bonchev–Trinajstić information content (AvgIpc) is 3.28. The van der Waals surface area contributed by atoms with Crippen LogP contribution in [0.1, 0.15) is 33.0 Å². The van der Waals surface area contributed by atoms with Gasteiger partial charge in [-0.25, -0.2) is 14.4 Å². The van der Waals surface area contributed by atoms with Gasteiger partial charge in [0.05, 0.1) is 34.4 Å². The Morgan fingerprint density at radius 2 is 2.23 bits per heavy atom. The highest BCUT2D eigenvalue weighted by molar-refractivity contribution is 7.09. The molecule has 10 heteroatoms. The number of pyridine rings is 2. The molecule has 8 nitrogen and oxygen atoms in total. The first-order chi connectivity index (χ1) is 15.0. The molecule has 0 radical (unpaired) electrons. The zero-order valence-corrected chi connectivity index (χ0v) is 17.3. The topological polar surface area (TPSA) is 121 Å². The van der Waals surface area contributed by atoms with E-state index in [9.17, 15) is 4.79 Å². The number of halogens is 1. The summed E-state index contributed by atoms with van der Waals surface area (Å²) >= 11 is 1.52. The van der Waals surface area contributed by atoms with E-state index in [2.05, 4.69) is 20.3 Å². The van der Waals surface area contributed by atoms with Gasteiger partial charge in [-0.2, -0.15) is 5.26 Å². The van der Waals surface area contributed by atoms with E-state index < -0.39 is 18.1 Å². The predicted molar refractivity (Wildman–Crippen MR) is 116 cm³/mol. The zero-order chi connectivity index (χ0) is 21.8. The molecule has 3 N–H and O–H groups in total. The van der Waals surface area contributed by atoms with Crippen LogP contribution in [0.5, 0.6) is 0 Å². The Labute approximate surface area is 182 Å². The van der Waals surface area contributed by atoms with E-state index in [0.29, 0.717) is 36.5 Å². The molecule has 1 aliphatic rings. The van der Waals surface area contributed by atoms with E-state index in [1.807, 2.05) is 16.3 Å². The van der Waals surface area contributed by atoms with Gasteiger partial charge in [-0.3, -0.25) is 9.78 Å². The molecule has 4 heterocycles. The van der Waals surface area contributed by atoms with E-state index >= 15 is 4.39 Å². The lowest BCUT2D eigenvalue weighted by Crippen LogP contribution is -2.48. The molecule has 0 spiro atoms. The fourth-order valence-electron chi connectivity index (χ4n) is 3.52. The maximum atomic E-state index is 15.0. The van der Waals surface area contributed by atoms with Gasteiger partial charge in [-0.1, -0.05) is 0 Å². The number of rotatable bonds is 6. The number of carbonyl (C=O) groups excluding carboxylic acids is 1. The van der Waals surface area contributed by atoms with Gasteiger partial charge < -0.3 is 16.0 Å². The number of primary amides is 1. The van der Waals surface area contributed by atoms with Crippen LogP contribution in [0.3, 0.4) is 0 Å². The number of hydrogen-bond donors (Lipinski definition) is 2. The van der Waals surface area contributed by atoms with E-state index in [1.165, 1.54) is 23.7 Å². The number of aromatic nitrogens is 3. The van der Waals surface area contributed by atoms with Crippen molar-refractivity contribution in [3.8, 4) is 6.07 Å². The Morgan fingerprint density at radius 1 is 1.35 bits per heavy atom. The van der Waals surface area contributed by atoms with Crippen molar-refractivity contribution >= 4 is 28.7 Å². The highest BCUT2D eigenvalue weighted by atomic mass is 32.1. The molecule has 0 unspecified atom stereocenters. The fraction of sp³-hybridized carbons (Fsp3) is 0.286. The van der Waals surface area contributed by atoms with Gasteiger partial charge in [-0.05, 0) is 24.6 Å². The smallest absolute Gasteiger partial charge is 0.252 e. The third-order valence-corrected chi connectivity index (χ3v) is 5.90. The van der Waals surface area contributed by atoms with Crippen LogP contribution in [-0.2, 0) is 6.42 Å². The molecule has 1 saturated heterocycles. The predicted octanol–water partition coefficient (Wildman–Crippen LogP) is 2.52. The molecule has 3 aromatic rings. The van der Waals surface area contributed by atoms with E-state index in [4.69, 9.17) is 11.0 Å². The van der Waals surface area contributed by atoms with Crippen molar-refractivity contribution in [3.05, 3.63) is 64.0 Å². The molecule has 31 heavy (non-hydrogen) atoms. The first-order valence-corrected chi connectivity index (χ1v) is 10.6. The Hall–Kier alpha value is -3.58. The number of nitrogens with one attached hydrogen (secondary N) is 1. The second kappa shape index (κ2) is 9.06. The van der Waals surface area contributed by atoms with Crippen molar-refractivity contribution in [2.24, 2.45) is 5.73 Å². The summed E-state index contributed by atoms with van der Waals surface area (Å²) in [5, 5.41) is 14.8. The van der Waals surface area contributed by atoms with Crippen LogP contribution in [0.2, 0.25) is 0 Å². The number of anilines is 2. The third-order valence-electron chi connectivity index (χ3n) is 5.13. The van der Waals surface area contributed by atoms with Crippen LogP contribution >= 0.6 is 11.3 Å². The summed E-state index contributed by atoms with van der Waals surface area (Å²) in [5.74, 6) is 0.0120. The van der Waals surface area contributed by atoms with E-state index in [1.54, 1.807) is 24.4 Å². The fourth-order valence-corrected chi connectivity index (χ4v) is 4.15. The zero-order valence-electron chi connectivity index (χ0n) is 16.5. The Morgan fingerprint density at radius 3 is 2.87 bits per heavy atom. The summed E-state index contributed by atoms with van der Waals surface area (Å²) in [6.07, 6.45) is 4.46. The minimum atomic E-state index is -1.19. The third kappa shape index (κ3) is 4.78. The molecule has 2 atom stereocenters. The molecule has 0 aromatic carbocycles. The summed E-state index contributed by atoms with van der Waals surface area (Å²) in [6.45, 7) is 0.736. The standard InChI is InChI=1S/C21H20FN7OS/c22-16-12-29(19-2-1-13(9-23)10-27-19)5-3-17(16)28-18-7-14(8-20-25-4-6-31-20)26-11-15(18)21(24)30/h1-2,4,6-7,10-11,16-17H,3,5,8,12H2,(H2,24,30)(H,26,28)/t16-,17+/m0/s1. The molecular formula is C21H20FN7OS. The summed E-state index contributed by atoms with van der Waals surface area (Å²) in [4.78, 5) is 26.5. The Kier molecular flexibility index (Phi) is 6.04. The summed E-state index contributed by atoms with van der Waals surface area (Å²) < 4.78 is 15.0. The molecule has 1 aliphatic heterocycles. The molecule has 1 fully saturated rings. The maximum absolute atomic E-state index is 15.0. The Bertz CT molecular complexity index is 1100. The molecule has 0 aliphatic carbocycles. The summed E-state index contributed by atoms with van der Waals surface area (Å²) in [7, 11) is 0. The normalized spacial score (nSPS) is 18.4. The van der Waals surface area contributed by atoms with Crippen LogP contribution in [0.25, 0.3) is 0 Å². The quantitative estimate of drug-likeness (QED) is 0.608. The summed E-state index contributed by atoms with van der Waals surface area (Å²) in [6, 6.07) is 6.66. The Balaban J connectivity index is 1.48. The molecular weight excluding hydrogens is 417 g/mol. The largest absolute Gasteiger partial charge is 0.378 e. The molecule has 1 amide bonds. The highest BCUT2D eigenvalue weighted by Crippen LogP contribution is 2.25.